The molecule has 1 aromatic carbocycles. The van der Waals surface area contributed by atoms with Crippen molar-refractivity contribution >= 4 is 6.03 Å². The summed E-state index contributed by atoms with van der Waals surface area (Å²) in [4.78, 5) is 11.3. The van der Waals surface area contributed by atoms with Gasteiger partial charge in [-0.1, -0.05) is 32.9 Å². The van der Waals surface area contributed by atoms with Crippen LogP contribution in [0.1, 0.15) is 31.9 Å². The number of hydrogen-bond acceptors (Lipinski definition) is 2. The maximum Gasteiger partial charge on any atom is 0.314 e. The van der Waals surface area contributed by atoms with Crippen molar-refractivity contribution < 1.29 is 9.53 Å². The van der Waals surface area contributed by atoms with Gasteiger partial charge in [-0.25, -0.2) is 4.79 Å². The van der Waals surface area contributed by atoms with Crippen LogP contribution in [-0.2, 0) is 11.8 Å². The summed E-state index contributed by atoms with van der Waals surface area (Å²) in [5.74, 6) is 0.862. The minimum Gasteiger partial charge on any atom is -0.496 e. The van der Waals surface area contributed by atoms with Gasteiger partial charge < -0.3 is 15.4 Å². The third kappa shape index (κ3) is 3.88. The number of rotatable bonds is 5. The zero-order chi connectivity index (χ0) is 14.5. The maximum atomic E-state index is 11.3. The molecule has 0 saturated carbocycles. The number of carbonyl (C=O) groups excluding carboxylic acids is 1. The molecule has 0 aliphatic rings. The molecular formula is C15H24N2O2. The quantitative estimate of drug-likeness (QED) is 0.858. The molecule has 106 valence electrons. The number of carbonyl (C=O) groups is 1. The molecule has 0 aromatic heterocycles. The molecule has 0 aliphatic carbocycles. The standard InChI is InChI=1S/C15H24N2O2/c1-6-11-7-8-13(19-5)12(9-11)15(2,3)10-17-14(18)16-4/h7-9H,6,10H2,1-5H3,(H2,16,17,18). The second-order valence-electron chi connectivity index (χ2n) is 5.20. The molecule has 2 amide bonds. The minimum atomic E-state index is -0.191. The fourth-order valence-electron chi connectivity index (χ4n) is 1.99. The summed E-state index contributed by atoms with van der Waals surface area (Å²) >= 11 is 0. The van der Waals surface area contributed by atoms with E-state index in [2.05, 4.69) is 43.5 Å². The molecule has 0 bridgehead atoms. The lowest BCUT2D eigenvalue weighted by Crippen LogP contribution is -2.41. The van der Waals surface area contributed by atoms with Gasteiger partial charge in [-0.05, 0) is 18.1 Å². The van der Waals surface area contributed by atoms with E-state index in [4.69, 9.17) is 4.74 Å². The fourth-order valence-corrected chi connectivity index (χ4v) is 1.99. The Hall–Kier alpha value is -1.71. The average molecular weight is 264 g/mol. The van der Waals surface area contributed by atoms with Gasteiger partial charge in [0.25, 0.3) is 0 Å². The van der Waals surface area contributed by atoms with E-state index in [0.717, 1.165) is 17.7 Å². The molecule has 0 heterocycles. The lowest BCUT2D eigenvalue weighted by molar-refractivity contribution is 0.240. The Morgan fingerprint density at radius 3 is 2.58 bits per heavy atom. The van der Waals surface area contributed by atoms with Crippen LogP contribution in [0.4, 0.5) is 4.79 Å². The predicted molar refractivity (Wildman–Crippen MR) is 77.9 cm³/mol. The first-order valence-corrected chi connectivity index (χ1v) is 6.57. The smallest absolute Gasteiger partial charge is 0.314 e. The Labute approximate surface area is 115 Å². The second kappa shape index (κ2) is 6.45. The molecule has 0 radical (unpaired) electrons. The lowest BCUT2D eigenvalue weighted by atomic mass is 9.83. The van der Waals surface area contributed by atoms with Gasteiger partial charge in [-0.15, -0.1) is 0 Å². The van der Waals surface area contributed by atoms with Gasteiger partial charge in [-0.3, -0.25) is 0 Å². The molecule has 4 nitrogen and oxygen atoms in total. The summed E-state index contributed by atoms with van der Waals surface area (Å²) in [5.41, 5.74) is 2.19. The number of amides is 2. The van der Waals surface area contributed by atoms with Gasteiger partial charge >= 0.3 is 6.03 Å². The number of nitrogens with one attached hydrogen (secondary N) is 2. The third-order valence-electron chi connectivity index (χ3n) is 3.32. The number of aryl methyl sites for hydroxylation is 1. The zero-order valence-corrected chi connectivity index (χ0v) is 12.5. The Bertz CT molecular complexity index is 442. The van der Waals surface area contributed by atoms with Crippen LogP contribution in [0.2, 0.25) is 0 Å². The highest BCUT2D eigenvalue weighted by Crippen LogP contribution is 2.32. The van der Waals surface area contributed by atoms with Crippen LogP contribution in [0.25, 0.3) is 0 Å². The molecule has 0 saturated heterocycles. The molecule has 1 aromatic rings. The van der Waals surface area contributed by atoms with Crippen LogP contribution in [0, 0.1) is 0 Å². The number of benzene rings is 1. The third-order valence-corrected chi connectivity index (χ3v) is 3.32. The number of methoxy groups -OCH3 is 1. The van der Waals surface area contributed by atoms with Crippen LogP contribution in [0.3, 0.4) is 0 Å². The van der Waals surface area contributed by atoms with Crippen LogP contribution in [0.5, 0.6) is 5.75 Å². The first kappa shape index (κ1) is 15.3. The Balaban J connectivity index is 3.00. The summed E-state index contributed by atoms with van der Waals surface area (Å²) in [7, 11) is 3.29. The first-order chi connectivity index (χ1) is 8.94. The molecule has 2 N–H and O–H groups in total. The van der Waals surface area contributed by atoms with Crippen LogP contribution in [0.15, 0.2) is 18.2 Å². The van der Waals surface area contributed by atoms with Crippen molar-refractivity contribution in [1.82, 2.24) is 10.6 Å². The van der Waals surface area contributed by atoms with E-state index in [-0.39, 0.29) is 11.4 Å². The van der Waals surface area contributed by atoms with E-state index in [1.54, 1.807) is 14.2 Å². The number of hydrogen-bond donors (Lipinski definition) is 2. The van der Waals surface area contributed by atoms with Crippen LogP contribution < -0.4 is 15.4 Å². The molecule has 19 heavy (non-hydrogen) atoms. The molecule has 0 aliphatic heterocycles. The van der Waals surface area contributed by atoms with Crippen molar-refractivity contribution in [1.29, 1.82) is 0 Å². The van der Waals surface area contributed by atoms with E-state index in [1.165, 1.54) is 5.56 Å². The van der Waals surface area contributed by atoms with Gasteiger partial charge in [0, 0.05) is 24.6 Å². The molecule has 0 fully saturated rings. The van der Waals surface area contributed by atoms with Crippen molar-refractivity contribution in [2.24, 2.45) is 0 Å². The monoisotopic (exact) mass is 264 g/mol. The number of urea groups is 1. The van der Waals surface area contributed by atoms with E-state index in [1.807, 2.05) is 6.07 Å². The SMILES string of the molecule is CCc1ccc(OC)c(C(C)(C)CNC(=O)NC)c1. The zero-order valence-electron chi connectivity index (χ0n) is 12.5. The maximum absolute atomic E-state index is 11.3. The summed E-state index contributed by atoms with van der Waals surface area (Å²) in [6.45, 7) is 6.87. The normalized spacial score (nSPS) is 11.0. The topological polar surface area (TPSA) is 50.4 Å². The van der Waals surface area contributed by atoms with Gasteiger partial charge in [0.15, 0.2) is 0 Å². The minimum absolute atomic E-state index is 0.168. The molecule has 0 unspecified atom stereocenters. The highest BCUT2D eigenvalue weighted by molar-refractivity contribution is 5.73. The average Bonchev–Trinajstić information content (AvgIpc) is 2.43. The predicted octanol–water partition coefficient (Wildman–Crippen LogP) is 2.46. The van der Waals surface area contributed by atoms with E-state index in [0.29, 0.717) is 6.54 Å². The fraction of sp³-hybridized carbons (Fsp3) is 0.533. The van der Waals surface area contributed by atoms with Gasteiger partial charge in [0.1, 0.15) is 5.75 Å². The molecule has 0 spiro atoms. The first-order valence-electron chi connectivity index (χ1n) is 6.57. The Kier molecular flexibility index (Phi) is 5.21. The Morgan fingerprint density at radius 1 is 1.37 bits per heavy atom. The van der Waals surface area contributed by atoms with E-state index >= 15 is 0 Å². The van der Waals surface area contributed by atoms with Crippen molar-refractivity contribution in [2.75, 3.05) is 20.7 Å². The molecular weight excluding hydrogens is 240 g/mol. The highest BCUT2D eigenvalue weighted by atomic mass is 16.5. The van der Waals surface area contributed by atoms with Crippen LogP contribution >= 0.6 is 0 Å². The summed E-state index contributed by atoms with van der Waals surface area (Å²) < 4.78 is 5.44. The van der Waals surface area contributed by atoms with Crippen molar-refractivity contribution in [2.45, 2.75) is 32.6 Å². The largest absolute Gasteiger partial charge is 0.496 e. The van der Waals surface area contributed by atoms with E-state index < -0.39 is 0 Å². The van der Waals surface area contributed by atoms with Crippen molar-refractivity contribution in [3.63, 3.8) is 0 Å². The number of ether oxygens (including phenoxy) is 1. The summed E-state index contributed by atoms with van der Waals surface area (Å²) in [6, 6.07) is 6.06. The van der Waals surface area contributed by atoms with Crippen molar-refractivity contribution in [3.8, 4) is 5.75 Å². The Morgan fingerprint density at radius 2 is 2.05 bits per heavy atom. The molecule has 4 heteroatoms. The van der Waals surface area contributed by atoms with E-state index in [9.17, 15) is 4.79 Å². The second-order valence-corrected chi connectivity index (χ2v) is 5.20. The molecule has 1 rings (SSSR count). The summed E-state index contributed by atoms with van der Waals surface area (Å²) in [5, 5.41) is 5.41. The highest BCUT2D eigenvalue weighted by Gasteiger charge is 2.25. The van der Waals surface area contributed by atoms with Crippen LogP contribution in [-0.4, -0.2) is 26.7 Å². The lowest BCUT2D eigenvalue weighted by Gasteiger charge is -2.28. The molecule has 0 atom stereocenters. The van der Waals surface area contributed by atoms with Gasteiger partial charge in [-0.2, -0.15) is 0 Å². The van der Waals surface area contributed by atoms with Crippen molar-refractivity contribution in [3.05, 3.63) is 29.3 Å². The van der Waals surface area contributed by atoms with Gasteiger partial charge in [0.2, 0.25) is 0 Å². The van der Waals surface area contributed by atoms with Gasteiger partial charge in [0.05, 0.1) is 7.11 Å². The summed E-state index contributed by atoms with van der Waals surface area (Å²) in [6.07, 6.45) is 0.982.